The minimum absolute atomic E-state index is 0.0233. The Morgan fingerprint density at radius 3 is 2.69 bits per heavy atom. The van der Waals surface area contributed by atoms with Crippen molar-refractivity contribution in [2.75, 3.05) is 6.54 Å². The van der Waals surface area contributed by atoms with E-state index >= 15 is 0 Å². The first-order valence-electron chi connectivity index (χ1n) is 8.54. The van der Waals surface area contributed by atoms with Gasteiger partial charge in [0, 0.05) is 18.3 Å². The summed E-state index contributed by atoms with van der Waals surface area (Å²) in [5.74, 6) is -1.11. The monoisotopic (exact) mass is 371 g/mol. The summed E-state index contributed by atoms with van der Waals surface area (Å²) in [5, 5.41) is 31.8. The Bertz CT molecular complexity index is 744. The fourth-order valence-electron chi connectivity index (χ4n) is 3.15. The molecular formula is C16H25N3O7. The van der Waals surface area contributed by atoms with Gasteiger partial charge in [0.25, 0.3) is 5.56 Å². The van der Waals surface area contributed by atoms with Crippen LogP contribution in [0.5, 0.6) is 0 Å². The highest BCUT2D eigenvalue weighted by atomic mass is 16.6. The van der Waals surface area contributed by atoms with Crippen LogP contribution in [0.25, 0.3) is 0 Å². The maximum atomic E-state index is 12.1. The fourth-order valence-corrected chi connectivity index (χ4v) is 3.15. The van der Waals surface area contributed by atoms with E-state index < -0.39 is 41.8 Å². The van der Waals surface area contributed by atoms with Crippen molar-refractivity contribution in [1.82, 2.24) is 14.9 Å². The van der Waals surface area contributed by atoms with Gasteiger partial charge in [0.15, 0.2) is 6.23 Å². The van der Waals surface area contributed by atoms with Crippen LogP contribution in [-0.4, -0.2) is 55.7 Å². The number of carbonyl (C=O) groups is 1. The summed E-state index contributed by atoms with van der Waals surface area (Å²) in [6, 6.07) is 0. The van der Waals surface area contributed by atoms with Crippen LogP contribution in [0.4, 0.5) is 0 Å². The summed E-state index contributed by atoms with van der Waals surface area (Å²) in [5.41, 5.74) is -1.33. The third-order valence-electron chi connectivity index (χ3n) is 4.49. The van der Waals surface area contributed by atoms with Crippen molar-refractivity contribution in [2.45, 2.75) is 57.8 Å². The standard InChI is InChI=1S/C16H25N3O7/c1-3-4-8(2)13-11(22)12(23)15(26-13)19-7-9(5-17-6-10(20)21)14(24)18-16(19)25/h7-8,11-13,15,17,22-23H,3-6H2,1-2H3,(H,20,21)(H,18,24,25). The van der Waals surface area contributed by atoms with E-state index in [-0.39, 0.29) is 24.6 Å². The molecule has 1 aromatic rings. The van der Waals surface area contributed by atoms with Crippen molar-refractivity contribution in [3.05, 3.63) is 32.6 Å². The molecule has 1 saturated heterocycles. The number of nitrogens with zero attached hydrogens (tertiary/aromatic N) is 1. The number of hydrogen-bond donors (Lipinski definition) is 5. The highest BCUT2D eigenvalue weighted by Crippen LogP contribution is 2.33. The first-order valence-corrected chi connectivity index (χ1v) is 8.54. The number of aliphatic hydroxyl groups excluding tert-OH is 2. The first kappa shape index (κ1) is 20.3. The molecule has 5 N–H and O–H groups in total. The van der Waals surface area contributed by atoms with Crippen LogP contribution >= 0.6 is 0 Å². The third-order valence-corrected chi connectivity index (χ3v) is 4.49. The average Bonchev–Trinajstić information content (AvgIpc) is 2.85. The smallest absolute Gasteiger partial charge is 0.330 e. The van der Waals surface area contributed by atoms with Crippen molar-refractivity contribution in [3.8, 4) is 0 Å². The van der Waals surface area contributed by atoms with Crippen LogP contribution in [0.3, 0.4) is 0 Å². The van der Waals surface area contributed by atoms with E-state index in [9.17, 15) is 24.6 Å². The molecule has 1 aliphatic heterocycles. The largest absolute Gasteiger partial charge is 0.480 e. The quantitative estimate of drug-likeness (QED) is 0.380. The molecule has 2 heterocycles. The molecule has 2 rings (SSSR count). The average molecular weight is 371 g/mol. The van der Waals surface area contributed by atoms with Crippen molar-refractivity contribution in [2.24, 2.45) is 5.92 Å². The normalized spacial score (nSPS) is 26.8. The number of carboxylic acid groups (broad SMARTS) is 1. The van der Waals surface area contributed by atoms with E-state index in [0.29, 0.717) is 0 Å². The zero-order valence-electron chi connectivity index (χ0n) is 14.7. The second kappa shape index (κ2) is 8.58. The second-order valence-corrected chi connectivity index (χ2v) is 6.56. The SMILES string of the molecule is CCCC(C)C1OC(n2cc(CNCC(=O)O)c(=O)[nH]c2=O)C(O)C1O. The summed E-state index contributed by atoms with van der Waals surface area (Å²) >= 11 is 0. The van der Waals surface area contributed by atoms with Crippen LogP contribution in [0.2, 0.25) is 0 Å². The summed E-state index contributed by atoms with van der Waals surface area (Å²) in [6.07, 6.45) is -1.39. The summed E-state index contributed by atoms with van der Waals surface area (Å²) in [4.78, 5) is 36.7. The molecule has 146 valence electrons. The van der Waals surface area contributed by atoms with Crippen molar-refractivity contribution in [1.29, 1.82) is 0 Å². The van der Waals surface area contributed by atoms with Crippen molar-refractivity contribution in [3.63, 3.8) is 0 Å². The molecule has 5 unspecified atom stereocenters. The highest BCUT2D eigenvalue weighted by Gasteiger charge is 2.46. The molecule has 0 aromatic carbocycles. The first-order chi connectivity index (χ1) is 12.3. The zero-order chi connectivity index (χ0) is 19.4. The number of nitrogens with one attached hydrogen (secondary N) is 2. The highest BCUT2D eigenvalue weighted by molar-refractivity contribution is 5.68. The molecule has 1 aliphatic rings. The van der Waals surface area contributed by atoms with E-state index in [1.165, 1.54) is 6.20 Å². The Morgan fingerprint density at radius 1 is 1.38 bits per heavy atom. The maximum absolute atomic E-state index is 12.1. The van der Waals surface area contributed by atoms with E-state index in [1.807, 2.05) is 13.8 Å². The number of aromatic amines is 1. The second-order valence-electron chi connectivity index (χ2n) is 6.56. The molecular weight excluding hydrogens is 346 g/mol. The van der Waals surface area contributed by atoms with Crippen molar-refractivity contribution >= 4 is 5.97 Å². The Kier molecular flexibility index (Phi) is 6.70. The van der Waals surface area contributed by atoms with Gasteiger partial charge in [0.05, 0.1) is 12.6 Å². The lowest BCUT2D eigenvalue weighted by Crippen LogP contribution is -2.39. The number of hydrogen-bond acceptors (Lipinski definition) is 7. The van der Waals surface area contributed by atoms with E-state index in [1.54, 1.807) is 0 Å². The molecule has 1 aromatic heterocycles. The lowest BCUT2D eigenvalue weighted by molar-refractivity contribution is -0.136. The molecule has 0 aliphatic carbocycles. The van der Waals surface area contributed by atoms with Gasteiger partial charge >= 0.3 is 11.7 Å². The van der Waals surface area contributed by atoms with Crippen LogP contribution < -0.4 is 16.6 Å². The molecule has 0 radical (unpaired) electrons. The molecule has 1 fully saturated rings. The Morgan fingerprint density at radius 2 is 2.08 bits per heavy atom. The predicted octanol–water partition coefficient (Wildman–Crippen LogP) is -1.23. The van der Waals surface area contributed by atoms with E-state index in [4.69, 9.17) is 9.84 Å². The van der Waals surface area contributed by atoms with Gasteiger partial charge in [0.2, 0.25) is 0 Å². The summed E-state index contributed by atoms with van der Waals surface area (Å²) in [6.45, 7) is 3.46. The molecule has 10 heteroatoms. The number of aliphatic carboxylic acids is 1. The van der Waals surface area contributed by atoms with Crippen LogP contribution in [0, 0.1) is 5.92 Å². The van der Waals surface area contributed by atoms with Gasteiger partial charge in [0.1, 0.15) is 12.2 Å². The molecule has 26 heavy (non-hydrogen) atoms. The minimum Gasteiger partial charge on any atom is -0.480 e. The molecule has 5 atom stereocenters. The molecule has 0 spiro atoms. The third kappa shape index (κ3) is 4.39. The van der Waals surface area contributed by atoms with Gasteiger partial charge in [-0.25, -0.2) is 4.79 Å². The van der Waals surface area contributed by atoms with Gasteiger partial charge in [-0.15, -0.1) is 0 Å². The summed E-state index contributed by atoms with van der Waals surface area (Å²) in [7, 11) is 0. The number of aliphatic hydroxyl groups is 2. The lowest BCUT2D eigenvalue weighted by Gasteiger charge is -2.21. The number of ether oxygens (including phenoxy) is 1. The Balaban J connectivity index is 2.25. The summed E-state index contributed by atoms with van der Waals surface area (Å²) < 4.78 is 6.75. The Labute approximate surface area is 149 Å². The van der Waals surface area contributed by atoms with Crippen molar-refractivity contribution < 1.29 is 24.9 Å². The minimum atomic E-state index is -1.33. The van der Waals surface area contributed by atoms with Crippen LogP contribution in [0.1, 0.15) is 38.5 Å². The zero-order valence-corrected chi connectivity index (χ0v) is 14.7. The molecule has 0 bridgehead atoms. The Hall–Kier alpha value is -2.01. The van der Waals surface area contributed by atoms with Gasteiger partial charge < -0.3 is 25.4 Å². The number of aromatic nitrogens is 2. The topological polar surface area (TPSA) is 154 Å². The lowest BCUT2D eigenvalue weighted by atomic mass is 9.94. The van der Waals surface area contributed by atoms with Gasteiger partial charge in [-0.2, -0.15) is 0 Å². The molecule has 10 nitrogen and oxygen atoms in total. The molecule has 0 saturated carbocycles. The predicted molar refractivity (Wildman–Crippen MR) is 90.7 cm³/mol. The van der Waals surface area contributed by atoms with E-state index in [2.05, 4.69) is 10.3 Å². The maximum Gasteiger partial charge on any atom is 0.330 e. The van der Waals surface area contributed by atoms with Gasteiger partial charge in [-0.1, -0.05) is 20.3 Å². The molecule has 0 amide bonds. The van der Waals surface area contributed by atoms with E-state index in [0.717, 1.165) is 17.4 Å². The van der Waals surface area contributed by atoms with Gasteiger partial charge in [-0.05, 0) is 12.3 Å². The van der Waals surface area contributed by atoms with Crippen LogP contribution in [-0.2, 0) is 16.1 Å². The van der Waals surface area contributed by atoms with Crippen LogP contribution in [0.15, 0.2) is 15.8 Å². The van der Waals surface area contributed by atoms with Gasteiger partial charge in [-0.3, -0.25) is 19.1 Å². The number of H-pyrrole nitrogens is 1. The number of rotatable bonds is 8. The number of carboxylic acids is 1. The fraction of sp³-hybridized carbons (Fsp3) is 0.688.